The molecule has 106 valence electrons. The molecule has 2 aromatic heterocycles. The van der Waals surface area contributed by atoms with E-state index in [2.05, 4.69) is 31.1 Å². The average Bonchev–Trinajstić information content (AvgIpc) is 2.55. The molecule has 7 nitrogen and oxygen atoms in total. The van der Waals surface area contributed by atoms with E-state index in [9.17, 15) is 0 Å². The lowest BCUT2D eigenvalue weighted by Gasteiger charge is -2.36. The molecule has 1 aliphatic rings. The van der Waals surface area contributed by atoms with Crippen LogP contribution in [0.15, 0.2) is 30.6 Å². The van der Waals surface area contributed by atoms with Crippen LogP contribution < -0.4 is 15.5 Å². The summed E-state index contributed by atoms with van der Waals surface area (Å²) in [7, 11) is 0. The molecule has 7 heteroatoms. The van der Waals surface area contributed by atoms with Gasteiger partial charge in [0.2, 0.25) is 0 Å². The van der Waals surface area contributed by atoms with Gasteiger partial charge in [-0.25, -0.2) is 4.98 Å². The maximum Gasteiger partial charge on any atom is 0.169 e. The number of nitriles is 1. The zero-order chi connectivity index (χ0) is 14.7. The molecule has 3 rings (SSSR count). The third-order valence-electron chi connectivity index (χ3n) is 3.52. The van der Waals surface area contributed by atoms with E-state index in [-0.39, 0.29) is 0 Å². The van der Waals surface area contributed by atoms with Crippen molar-refractivity contribution >= 4 is 17.3 Å². The van der Waals surface area contributed by atoms with E-state index in [1.807, 2.05) is 12.1 Å². The minimum atomic E-state index is 0.552. The molecule has 0 aromatic carbocycles. The number of nitrogens with zero attached hydrogens (tertiary/aromatic N) is 6. The smallest absolute Gasteiger partial charge is 0.169 e. The van der Waals surface area contributed by atoms with Crippen LogP contribution in [0.1, 0.15) is 5.56 Å². The van der Waals surface area contributed by atoms with Crippen molar-refractivity contribution < 1.29 is 0 Å². The largest absolute Gasteiger partial charge is 0.396 e. The lowest BCUT2D eigenvalue weighted by atomic mass is 10.2. The summed E-state index contributed by atoms with van der Waals surface area (Å²) in [6, 6.07) is 7.52. The predicted molar refractivity (Wildman–Crippen MR) is 79.8 cm³/mol. The van der Waals surface area contributed by atoms with E-state index in [1.165, 1.54) is 6.20 Å². The van der Waals surface area contributed by atoms with Crippen LogP contribution >= 0.6 is 0 Å². The van der Waals surface area contributed by atoms with Gasteiger partial charge in [0, 0.05) is 32.4 Å². The molecule has 0 aliphatic carbocycles. The quantitative estimate of drug-likeness (QED) is 0.863. The van der Waals surface area contributed by atoms with Gasteiger partial charge in [0.15, 0.2) is 11.6 Å². The van der Waals surface area contributed by atoms with Crippen molar-refractivity contribution in [2.24, 2.45) is 0 Å². The molecule has 1 fully saturated rings. The average molecular weight is 281 g/mol. The molecule has 1 aliphatic heterocycles. The van der Waals surface area contributed by atoms with E-state index < -0.39 is 0 Å². The molecule has 0 atom stereocenters. The zero-order valence-electron chi connectivity index (χ0n) is 11.5. The Balaban J connectivity index is 1.74. The maximum atomic E-state index is 9.13. The van der Waals surface area contributed by atoms with Crippen LogP contribution in [0.25, 0.3) is 0 Å². The van der Waals surface area contributed by atoms with Crippen LogP contribution in [0, 0.1) is 11.3 Å². The molecule has 2 N–H and O–H groups in total. The predicted octanol–water partition coefficient (Wildman–Crippen LogP) is 0.652. The van der Waals surface area contributed by atoms with E-state index in [4.69, 9.17) is 11.0 Å². The SMILES string of the molecule is N#Cc1ccnnc1N1CCN(c2ncccc2N)CC1. The van der Waals surface area contributed by atoms with Gasteiger partial charge in [-0.15, -0.1) is 5.10 Å². The Morgan fingerprint density at radius 3 is 2.43 bits per heavy atom. The first-order valence-corrected chi connectivity index (χ1v) is 6.72. The third kappa shape index (κ3) is 2.56. The number of rotatable bonds is 2. The monoisotopic (exact) mass is 281 g/mol. The second-order valence-corrected chi connectivity index (χ2v) is 4.77. The van der Waals surface area contributed by atoms with E-state index in [1.54, 1.807) is 12.3 Å². The van der Waals surface area contributed by atoms with Crippen molar-refractivity contribution in [1.29, 1.82) is 5.26 Å². The molecule has 2 aromatic rings. The standard InChI is InChI=1S/C14H15N7/c15-10-11-3-5-18-19-13(11)20-6-8-21(9-7-20)14-12(16)2-1-4-17-14/h1-5H,6-9,16H2. The Morgan fingerprint density at radius 2 is 1.76 bits per heavy atom. The highest BCUT2D eigenvalue weighted by molar-refractivity contribution is 5.63. The summed E-state index contributed by atoms with van der Waals surface area (Å²) < 4.78 is 0. The van der Waals surface area contributed by atoms with Crippen LogP contribution in [0.3, 0.4) is 0 Å². The summed E-state index contributed by atoms with van der Waals surface area (Å²) in [6.45, 7) is 3.07. The molecular weight excluding hydrogens is 266 g/mol. The number of nitrogens with two attached hydrogens (primary N) is 1. The molecule has 0 radical (unpaired) electrons. The summed E-state index contributed by atoms with van der Waals surface area (Å²) in [4.78, 5) is 8.55. The Bertz CT molecular complexity index is 671. The van der Waals surface area contributed by atoms with Crippen LogP contribution in [0.4, 0.5) is 17.3 Å². The lowest BCUT2D eigenvalue weighted by Crippen LogP contribution is -2.47. The minimum Gasteiger partial charge on any atom is -0.396 e. The second kappa shape index (κ2) is 5.63. The number of aromatic nitrogens is 3. The molecule has 21 heavy (non-hydrogen) atoms. The molecule has 0 unspecified atom stereocenters. The Labute approximate surface area is 122 Å². The van der Waals surface area contributed by atoms with E-state index >= 15 is 0 Å². The fraction of sp³-hybridized carbons (Fsp3) is 0.286. The van der Waals surface area contributed by atoms with Crippen molar-refractivity contribution in [3.8, 4) is 6.07 Å². The molecule has 0 spiro atoms. The number of hydrogen-bond donors (Lipinski definition) is 1. The molecular formula is C14H15N7. The van der Waals surface area contributed by atoms with Crippen molar-refractivity contribution in [2.45, 2.75) is 0 Å². The Morgan fingerprint density at radius 1 is 1.05 bits per heavy atom. The zero-order valence-corrected chi connectivity index (χ0v) is 11.5. The number of piperazine rings is 1. The van der Waals surface area contributed by atoms with Gasteiger partial charge < -0.3 is 15.5 Å². The van der Waals surface area contributed by atoms with Gasteiger partial charge in [-0.05, 0) is 18.2 Å². The summed E-state index contributed by atoms with van der Waals surface area (Å²) in [5.41, 5.74) is 7.19. The minimum absolute atomic E-state index is 0.552. The summed E-state index contributed by atoms with van der Waals surface area (Å²) in [5, 5.41) is 17.1. The highest BCUT2D eigenvalue weighted by atomic mass is 15.3. The van der Waals surface area contributed by atoms with Gasteiger partial charge in [0.05, 0.1) is 17.4 Å². The first-order valence-electron chi connectivity index (χ1n) is 6.72. The van der Waals surface area contributed by atoms with Gasteiger partial charge in [0.1, 0.15) is 6.07 Å². The normalized spacial score (nSPS) is 14.8. The number of anilines is 3. The third-order valence-corrected chi connectivity index (χ3v) is 3.52. The number of pyridine rings is 1. The maximum absolute atomic E-state index is 9.13. The second-order valence-electron chi connectivity index (χ2n) is 4.77. The van der Waals surface area contributed by atoms with Gasteiger partial charge in [-0.1, -0.05) is 0 Å². The van der Waals surface area contributed by atoms with Gasteiger partial charge in [-0.2, -0.15) is 10.4 Å². The van der Waals surface area contributed by atoms with Crippen LogP contribution in [-0.4, -0.2) is 41.4 Å². The van der Waals surface area contributed by atoms with Crippen LogP contribution in [0.5, 0.6) is 0 Å². The molecule has 0 saturated carbocycles. The topological polar surface area (TPSA) is 95.0 Å². The molecule has 0 bridgehead atoms. The van der Waals surface area contributed by atoms with Crippen molar-refractivity contribution in [3.63, 3.8) is 0 Å². The number of nitrogen functional groups attached to an aromatic ring is 1. The van der Waals surface area contributed by atoms with Crippen molar-refractivity contribution in [2.75, 3.05) is 41.7 Å². The molecule has 0 amide bonds. The van der Waals surface area contributed by atoms with E-state index in [0.717, 1.165) is 32.0 Å². The van der Waals surface area contributed by atoms with Crippen molar-refractivity contribution in [3.05, 3.63) is 36.2 Å². The first kappa shape index (κ1) is 13.1. The summed E-state index contributed by atoms with van der Waals surface area (Å²) >= 11 is 0. The van der Waals surface area contributed by atoms with Crippen molar-refractivity contribution in [1.82, 2.24) is 15.2 Å². The Kier molecular flexibility index (Phi) is 3.51. The van der Waals surface area contributed by atoms with Gasteiger partial charge >= 0.3 is 0 Å². The van der Waals surface area contributed by atoms with Crippen LogP contribution in [-0.2, 0) is 0 Å². The fourth-order valence-corrected chi connectivity index (χ4v) is 2.45. The highest BCUT2D eigenvalue weighted by Crippen LogP contribution is 2.23. The molecule has 1 saturated heterocycles. The van der Waals surface area contributed by atoms with Crippen LogP contribution in [0.2, 0.25) is 0 Å². The van der Waals surface area contributed by atoms with E-state index in [0.29, 0.717) is 17.1 Å². The Hall–Kier alpha value is -2.88. The summed E-state index contributed by atoms with van der Waals surface area (Å²) in [5.74, 6) is 1.46. The van der Waals surface area contributed by atoms with Gasteiger partial charge in [0.25, 0.3) is 0 Å². The summed E-state index contributed by atoms with van der Waals surface area (Å²) in [6.07, 6.45) is 3.28. The molecule has 3 heterocycles. The van der Waals surface area contributed by atoms with Gasteiger partial charge in [-0.3, -0.25) is 0 Å². The number of hydrogen-bond acceptors (Lipinski definition) is 7. The first-order chi connectivity index (χ1) is 10.3. The fourth-order valence-electron chi connectivity index (χ4n) is 2.45. The highest BCUT2D eigenvalue weighted by Gasteiger charge is 2.22. The lowest BCUT2D eigenvalue weighted by molar-refractivity contribution is 0.638.